The van der Waals surface area contributed by atoms with Crippen molar-refractivity contribution in [2.24, 2.45) is 0 Å². The Bertz CT molecular complexity index is 941. The van der Waals surface area contributed by atoms with Gasteiger partial charge in [0.2, 0.25) is 0 Å². The highest BCUT2D eigenvalue weighted by atomic mass is 16.2. The third kappa shape index (κ3) is 4.32. The molecule has 1 saturated heterocycles. The SMILES string of the molecule is CC1(C)CCC2(CC2)c2ccc(-c3cccc(N4CCN(CCCCCO)CC4)n3)cc21. The summed E-state index contributed by atoms with van der Waals surface area (Å²) in [5.41, 5.74) is 6.28. The molecular formula is C28H39N3O. The van der Waals surface area contributed by atoms with Crippen LogP contribution in [0.3, 0.4) is 0 Å². The second-order valence-corrected chi connectivity index (χ2v) is 10.9. The lowest BCUT2D eigenvalue weighted by Gasteiger charge is -2.38. The van der Waals surface area contributed by atoms with Gasteiger partial charge in [0, 0.05) is 38.3 Å². The molecule has 4 nitrogen and oxygen atoms in total. The molecule has 32 heavy (non-hydrogen) atoms. The van der Waals surface area contributed by atoms with Crippen LogP contribution in [0.2, 0.25) is 0 Å². The molecule has 4 heteroatoms. The molecule has 2 fully saturated rings. The van der Waals surface area contributed by atoms with Crippen molar-refractivity contribution in [1.82, 2.24) is 9.88 Å². The number of aliphatic hydroxyl groups is 1. The summed E-state index contributed by atoms with van der Waals surface area (Å²) in [6.07, 6.45) is 8.63. The lowest BCUT2D eigenvalue weighted by atomic mass is 9.67. The molecule has 0 bridgehead atoms. The summed E-state index contributed by atoms with van der Waals surface area (Å²) in [6.45, 7) is 10.6. The zero-order valence-electron chi connectivity index (χ0n) is 19.9. The molecule has 2 heterocycles. The predicted octanol–water partition coefficient (Wildman–Crippen LogP) is 5.14. The standard InChI is InChI=1S/C28H39N3O/c1-27(2)11-12-28(13-14-28)23-10-9-22(21-24(23)27)25-7-6-8-26(29-25)31-18-16-30(17-19-31)15-4-3-5-20-32/h6-10,21,32H,3-5,11-20H2,1-2H3. The Morgan fingerprint density at radius 3 is 2.41 bits per heavy atom. The van der Waals surface area contributed by atoms with E-state index < -0.39 is 0 Å². The smallest absolute Gasteiger partial charge is 0.129 e. The molecule has 1 aromatic carbocycles. The normalized spacial score (nSPS) is 21.5. The van der Waals surface area contributed by atoms with E-state index in [0.29, 0.717) is 12.0 Å². The van der Waals surface area contributed by atoms with E-state index in [2.05, 4.69) is 60.0 Å². The molecule has 2 aromatic rings. The number of nitrogens with zero attached hydrogens (tertiary/aromatic N) is 3. The third-order valence-electron chi connectivity index (χ3n) is 8.26. The summed E-state index contributed by atoms with van der Waals surface area (Å²) in [6, 6.07) is 13.7. The van der Waals surface area contributed by atoms with E-state index >= 15 is 0 Å². The molecule has 1 spiro atoms. The number of benzene rings is 1. The van der Waals surface area contributed by atoms with Crippen LogP contribution in [-0.2, 0) is 10.8 Å². The number of hydrogen-bond donors (Lipinski definition) is 1. The zero-order chi connectivity index (χ0) is 22.2. The molecule has 0 amide bonds. The molecule has 1 aliphatic heterocycles. The number of aromatic nitrogens is 1. The summed E-state index contributed by atoms with van der Waals surface area (Å²) >= 11 is 0. The summed E-state index contributed by atoms with van der Waals surface area (Å²) in [4.78, 5) is 10.1. The molecule has 0 unspecified atom stereocenters. The highest BCUT2D eigenvalue weighted by Gasteiger charge is 2.50. The van der Waals surface area contributed by atoms with Crippen molar-refractivity contribution in [3.8, 4) is 11.3 Å². The van der Waals surface area contributed by atoms with Crippen LogP contribution in [0.1, 0.15) is 69.9 Å². The summed E-state index contributed by atoms with van der Waals surface area (Å²) < 4.78 is 0. The summed E-state index contributed by atoms with van der Waals surface area (Å²) in [5.74, 6) is 1.11. The van der Waals surface area contributed by atoms with Crippen LogP contribution in [0.4, 0.5) is 5.82 Å². The Hall–Kier alpha value is -1.91. The fourth-order valence-electron chi connectivity index (χ4n) is 5.80. The van der Waals surface area contributed by atoms with Gasteiger partial charge in [-0.05, 0) is 91.6 Å². The third-order valence-corrected chi connectivity index (χ3v) is 8.26. The van der Waals surface area contributed by atoms with E-state index in [0.717, 1.165) is 57.1 Å². The van der Waals surface area contributed by atoms with Gasteiger partial charge < -0.3 is 10.0 Å². The molecule has 1 N–H and O–H groups in total. The molecule has 172 valence electrons. The van der Waals surface area contributed by atoms with E-state index in [1.807, 2.05) is 0 Å². The minimum absolute atomic E-state index is 0.254. The van der Waals surface area contributed by atoms with Gasteiger partial charge in [0.15, 0.2) is 0 Å². The lowest BCUT2D eigenvalue weighted by molar-refractivity contribution is 0.242. The van der Waals surface area contributed by atoms with Gasteiger partial charge in [0.1, 0.15) is 5.82 Å². The van der Waals surface area contributed by atoms with Gasteiger partial charge in [-0.1, -0.05) is 32.0 Å². The number of piperazine rings is 1. The van der Waals surface area contributed by atoms with Gasteiger partial charge in [-0.3, -0.25) is 4.90 Å². The molecule has 0 radical (unpaired) electrons. The van der Waals surface area contributed by atoms with E-state index in [1.54, 1.807) is 11.1 Å². The van der Waals surface area contributed by atoms with Crippen molar-refractivity contribution in [2.75, 3.05) is 44.2 Å². The number of anilines is 1. The molecule has 2 aliphatic carbocycles. The Morgan fingerprint density at radius 2 is 1.66 bits per heavy atom. The Balaban J connectivity index is 1.29. The maximum Gasteiger partial charge on any atom is 0.129 e. The number of rotatable bonds is 7. The average molecular weight is 434 g/mol. The van der Waals surface area contributed by atoms with E-state index in [9.17, 15) is 0 Å². The molecule has 3 aliphatic rings. The van der Waals surface area contributed by atoms with Gasteiger partial charge in [0.25, 0.3) is 0 Å². The average Bonchev–Trinajstić information content (AvgIpc) is 3.61. The number of pyridine rings is 1. The first-order valence-electron chi connectivity index (χ1n) is 12.7. The van der Waals surface area contributed by atoms with Gasteiger partial charge in [-0.2, -0.15) is 0 Å². The second kappa shape index (κ2) is 8.79. The van der Waals surface area contributed by atoms with Gasteiger partial charge in [0.05, 0.1) is 5.69 Å². The zero-order valence-corrected chi connectivity index (χ0v) is 19.9. The van der Waals surface area contributed by atoms with Gasteiger partial charge >= 0.3 is 0 Å². The van der Waals surface area contributed by atoms with Gasteiger partial charge in [-0.15, -0.1) is 0 Å². The fourth-order valence-corrected chi connectivity index (χ4v) is 5.80. The van der Waals surface area contributed by atoms with Crippen LogP contribution < -0.4 is 4.90 Å². The highest BCUT2D eigenvalue weighted by Crippen LogP contribution is 2.59. The molecule has 5 rings (SSSR count). The van der Waals surface area contributed by atoms with Crippen molar-refractivity contribution < 1.29 is 5.11 Å². The fraction of sp³-hybridized carbons (Fsp3) is 0.607. The van der Waals surface area contributed by atoms with Crippen LogP contribution in [-0.4, -0.2) is 54.3 Å². The maximum absolute atomic E-state index is 8.95. The highest BCUT2D eigenvalue weighted by molar-refractivity contribution is 5.65. The van der Waals surface area contributed by atoms with Crippen molar-refractivity contribution in [3.05, 3.63) is 47.5 Å². The maximum atomic E-state index is 8.95. The molecule has 1 saturated carbocycles. The summed E-state index contributed by atoms with van der Waals surface area (Å²) in [7, 11) is 0. The summed E-state index contributed by atoms with van der Waals surface area (Å²) in [5, 5.41) is 8.95. The van der Waals surface area contributed by atoms with Crippen LogP contribution >= 0.6 is 0 Å². The Kier molecular flexibility index (Phi) is 6.02. The lowest BCUT2D eigenvalue weighted by Crippen LogP contribution is -2.46. The van der Waals surface area contributed by atoms with E-state index in [-0.39, 0.29) is 5.41 Å². The van der Waals surface area contributed by atoms with Crippen LogP contribution in [0, 0.1) is 0 Å². The first-order valence-corrected chi connectivity index (χ1v) is 12.7. The Labute approximate surface area is 193 Å². The number of aliphatic hydroxyl groups excluding tert-OH is 1. The quantitative estimate of drug-likeness (QED) is 0.614. The van der Waals surface area contributed by atoms with Crippen LogP contribution in [0.5, 0.6) is 0 Å². The van der Waals surface area contributed by atoms with Gasteiger partial charge in [-0.25, -0.2) is 4.98 Å². The van der Waals surface area contributed by atoms with Crippen LogP contribution in [0.15, 0.2) is 36.4 Å². The van der Waals surface area contributed by atoms with Crippen molar-refractivity contribution in [3.63, 3.8) is 0 Å². The number of fused-ring (bicyclic) bond motifs is 2. The van der Waals surface area contributed by atoms with Crippen molar-refractivity contribution >= 4 is 5.82 Å². The molecular weight excluding hydrogens is 394 g/mol. The minimum Gasteiger partial charge on any atom is -0.396 e. The van der Waals surface area contributed by atoms with Crippen molar-refractivity contribution in [1.29, 1.82) is 0 Å². The van der Waals surface area contributed by atoms with E-state index in [1.165, 1.54) is 37.7 Å². The first kappa shape index (κ1) is 21.9. The van der Waals surface area contributed by atoms with Crippen LogP contribution in [0.25, 0.3) is 11.3 Å². The van der Waals surface area contributed by atoms with E-state index in [4.69, 9.17) is 10.1 Å². The first-order chi connectivity index (χ1) is 15.5. The Morgan fingerprint density at radius 1 is 0.875 bits per heavy atom. The second-order valence-electron chi connectivity index (χ2n) is 10.9. The number of hydrogen-bond acceptors (Lipinski definition) is 4. The van der Waals surface area contributed by atoms with Crippen molar-refractivity contribution in [2.45, 2.75) is 69.6 Å². The number of unbranched alkanes of at least 4 members (excludes halogenated alkanes) is 2. The predicted molar refractivity (Wildman–Crippen MR) is 132 cm³/mol. The topological polar surface area (TPSA) is 39.6 Å². The molecule has 1 aromatic heterocycles. The monoisotopic (exact) mass is 433 g/mol. The largest absolute Gasteiger partial charge is 0.396 e. The minimum atomic E-state index is 0.254. The molecule has 0 atom stereocenters.